The topological polar surface area (TPSA) is 52.7 Å². The fourth-order valence-corrected chi connectivity index (χ4v) is 2.72. The molecule has 1 saturated heterocycles. The SMILES string of the molecule is CCC(N)C(CO)N1CC(C)C(N(C)C)C1. The fourth-order valence-electron chi connectivity index (χ4n) is 2.72. The van der Waals surface area contributed by atoms with Gasteiger partial charge in [-0.3, -0.25) is 4.90 Å². The van der Waals surface area contributed by atoms with Crippen LogP contribution in [0.4, 0.5) is 0 Å². The molecule has 0 radical (unpaired) electrons. The van der Waals surface area contributed by atoms with E-state index in [0.717, 1.165) is 19.5 Å². The standard InChI is InChI=1S/C12H27N3O/c1-5-10(13)12(8-16)15-6-9(2)11(7-15)14(3)4/h9-12,16H,5-8,13H2,1-4H3. The molecule has 0 aliphatic carbocycles. The molecule has 0 saturated carbocycles. The van der Waals surface area contributed by atoms with E-state index in [2.05, 4.69) is 37.7 Å². The molecule has 1 rings (SSSR count). The van der Waals surface area contributed by atoms with E-state index < -0.39 is 0 Å². The third kappa shape index (κ3) is 2.94. The highest BCUT2D eigenvalue weighted by molar-refractivity contribution is 4.92. The number of aliphatic hydroxyl groups is 1. The summed E-state index contributed by atoms with van der Waals surface area (Å²) in [4.78, 5) is 4.63. The molecule has 4 heteroatoms. The second-order valence-electron chi connectivity index (χ2n) is 5.28. The first-order valence-electron chi connectivity index (χ1n) is 6.28. The zero-order valence-corrected chi connectivity index (χ0v) is 11.1. The van der Waals surface area contributed by atoms with Gasteiger partial charge in [0.2, 0.25) is 0 Å². The van der Waals surface area contributed by atoms with Crippen LogP contribution in [0.5, 0.6) is 0 Å². The van der Waals surface area contributed by atoms with E-state index in [4.69, 9.17) is 5.73 Å². The van der Waals surface area contributed by atoms with E-state index in [1.54, 1.807) is 0 Å². The summed E-state index contributed by atoms with van der Waals surface area (Å²) in [6.07, 6.45) is 0.919. The summed E-state index contributed by atoms with van der Waals surface area (Å²) in [6.45, 7) is 6.59. The molecule has 4 nitrogen and oxygen atoms in total. The average Bonchev–Trinajstić information content (AvgIpc) is 2.61. The van der Waals surface area contributed by atoms with Gasteiger partial charge in [-0.1, -0.05) is 13.8 Å². The smallest absolute Gasteiger partial charge is 0.0601 e. The molecule has 4 atom stereocenters. The highest BCUT2D eigenvalue weighted by atomic mass is 16.3. The van der Waals surface area contributed by atoms with Crippen LogP contribution in [-0.2, 0) is 0 Å². The van der Waals surface area contributed by atoms with Crippen LogP contribution < -0.4 is 5.73 Å². The number of nitrogens with zero attached hydrogens (tertiary/aromatic N) is 2. The Hall–Kier alpha value is -0.160. The highest BCUT2D eigenvalue weighted by Crippen LogP contribution is 2.23. The Bertz CT molecular complexity index is 210. The summed E-state index contributed by atoms with van der Waals surface area (Å²) < 4.78 is 0. The van der Waals surface area contributed by atoms with Crippen molar-refractivity contribution in [2.24, 2.45) is 11.7 Å². The third-order valence-corrected chi connectivity index (χ3v) is 3.89. The predicted molar refractivity (Wildman–Crippen MR) is 67.4 cm³/mol. The summed E-state index contributed by atoms with van der Waals surface area (Å²) >= 11 is 0. The molecule has 1 fully saturated rings. The quantitative estimate of drug-likeness (QED) is 0.695. The van der Waals surface area contributed by atoms with Crippen molar-refractivity contribution in [3.05, 3.63) is 0 Å². The summed E-state index contributed by atoms with van der Waals surface area (Å²) in [5, 5.41) is 9.46. The van der Waals surface area contributed by atoms with Crippen molar-refractivity contribution in [3.8, 4) is 0 Å². The van der Waals surface area contributed by atoms with Gasteiger partial charge in [-0.2, -0.15) is 0 Å². The molecule has 0 spiro atoms. The lowest BCUT2D eigenvalue weighted by molar-refractivity contribution is 0.116. The maximum absolute atomic E-state index is 9.46. The van der Waals surface area contributed by atoms with E-state index in [1.807, 2.05) is 0 Å². The van der Waals surface area contributed by atoms with Crippen molar-refractivity contribution in [2.75, 3.05) is 33.8 Å². The van der Waals surface area contributed by atoms with Crippen LogP contribution in [0.2, 0.25) is 0 Å². The number of hydrogen-bond acceptors (Lipinski definition) is 4. The molecule has 1 heterocycles. The van der Waals surface area contributed by atoms with E-state index in [1.165, 1.54) is 0 Å². The number of likely N-dealkylation sites (tertiary alicyclic amines) is 1. The third-order valence-electron chi connectivity index (χ3n) is 3.89. The van der Waals surface area contributed by atoms with Crippen LogP contribution in [-0.4, -0.2) is 66.8 Å². The Kier molecular flexibility index (Phi) is 5.18. The summed E-state index contributed by atoms with van der Waals surface area (Å²) in [7, 11) is 4.25. The second kappa shape index (κ2) is 5.96. The maximum Gasteiger partial charge on any atom is 0.0601 e. The van der Waals surface area contributed by atoms with Crippen molar-refractivity contribution in [1.29, 1.82) is 0 Å². The molecule has 4 unspecified atom stereocenters. The largest absolute Gasteiger partial charge is 0.395 e. The van der Waals surface area contributed by atoms with Gasteiger partial charge < -0.3 is 15.7 Å². The van der Waals surface area contributed by atoms with Gasteiger partial charge in [0.25, 0.3) is 0 Å². The molecule has 0 aromatic rings. The zero-order valence-electron chi connectivity index (χ0n) is 11.1. The van der Waals surface area contributed by atoms with E-state index in [0.29, 0.717) is 12.0 Å². The van der Waals surface area contributed by atoms with Crippen LogP contribution in [0.3, 0.4) is 0 Å². The molecule has 96 valence electrons. The zero-order chi connectivity index (χ0) is 12.3. The van der Waals surface area contributed by atoms with Gasteiger partial charge in [0.05, 0.1) is 6.61 Å². The number of rotatable bonds is 5. The molecule has 0 aromatic heterocycles. The van der Waals surface area contributed by atoms with Crippen LogP contribution in [0, 0.1) is 5.92 Å². The lowest BCUT2D eigenvalue weighted by Gasteiger charge is -2.31. The second-order valence-corrected chi connectivity index (χ2v) is 5.28. The molecular weight excluding hydrogens is 202 g/mol. The van der Waals surface area contributed by atoms with Crippen molar-refractivity contribution in [3.63, 3.8) is 0 Å². The van der Waals surface area contributed by atoms with Crippen molar-refractivity contribution in [1.82, 2.24) is 9.80 Å². The Labute approximate surface area is 99.4 Å². The molecule has 16 heavy (non-hydrogen) atoms. The van der Waals surface area contributed by atoms with Crippen molar-refractivity contribution < 1.29 is 5.11 Å². The van der Waals surface area contributed by atoms with Gasteiger partial charge in [-0.25, -0.2) is 0 Å². The molecule has 1 aliphatic rings. The molecule has 3 N–H and O–H groups in total. The van der Waals surface area contributed by atoms with Gasteiger partial charge in [0.1, 0.15) is 0 Å². The Morgan fingerprint density at radius 2 is 2.06 bits per heavy atom. The van der Waals surface area contributed by atoms with Gasteiger partial charge in [-0.15, -0.1) is 0 Å². The number of aliphatic hydroxyl groups excluding tert-OH is 1. The van der Waals surface area contributed by atoms with Crippen LogP contribution in [0.25, 0.3) is 0 Å². The minimum absolute atomic E-state index is 0.0816. The molecule has 0 aromatic carbocycles. The summed E-state index contributed by atoms with van der Waals surface area (Å²) in [5.74, 6) is 0.646. The predicted octanol–water partition coefficient (Wildman–Crippen LogP) is -0.0335. The maximum atomic E-state index is 9.46. The van der Waals surface area contributed by atoms with Gasteiger partial charge >= 0.3 is 0 Å². The first-order chi connectivity index (χ1) is 7.51. The average molecular weight is 229 g/mol. The number of nitrogens with two attached hydrogens (primary N) is 1. The summed E-state index contributed by atoms with van der Waals surface area (Å²) in [6, 6.07) is 0.786. The van der Waals surface area contributed by atoms with E-state index in [-0.39, 0.29) is 18.7 Å². The lowest BCUT2D eigenvalue weighted by atomic mass is 10.1. The van der Waals surface area contributed by atoms with Crippen LogP contribution in [0.15, 0.2) is 0 Å². The Morgan fingerprint density at radius 3 is 2.44 bits per heavy atom. The molecular formula is C12H27N3O. The van der Waals surface area contributed by atoms with Gasteiger partial charge in [0, 0.05) is 31.2 Å². The summed E-state index contributed by atoms with van der Waals surface area (Å²) in [5.41, 5.74) is 6.06. The van der Waals surface area contributed by atoms with E-state index in [9.17, 15) is 5.11 Å². The van der Waals surface area contributed by atoms with Gasteiger partial charge in [-0.05, 0) is 26.4 Å². The van der Waals surface area contributed by atoms with E-state index >= 15 is 0 Å². The molecule has 0 bridgehead atoms. The fraction of sp³-hybridized carbons (Fsp3) is 1.00. The van der Waals surface area contributed by atoms with Crippen molar-refractivity contribution in [2.45, 2.75) is 38.4 Å². The Morgan fingerprint density at radius 1 is 1.44 bits per heavy atom. The molecule has 1 aliphatic heterocycles. The Balaban J connectivity index is 2.62. The minimum atomic E-state index is 0.0816. The van der Waals surface area contributed by atoms with Gasteiger partial charge in [0.15, 0.2) is 0 Å². The highest BCUT2D eigenvalue weighted by Gasteiger charge is 2.35. The van der Waals surface area contributed by atoms with Crippen LogP contribution in [0.1, 0.15) is 20.3 Å². The number of likely N-dealkylation sites (N-methyl/N-ethyl adjacent to an activating group) is 1. The van der Waals surface area contributed by atoms with Crippen LogP contribution >= 0.6 is 0 Å². The monoisotopic (exact) mass is 229 g/mol. The van der Waals surface area contributed by atoms with Crippen molar-refractivity contribution >= 4 is 0 Å². The minimum Gasteiger partial charge on any atom is -0.395 e. The number of hydrogen-bond donors (Lipinski definition) is 2. The lowest BCUT2D eigenvalue weighted by Crippen LogP contribution is -2.49. The molecule has 0 amide bonds. The first-order valence-corrected chi connectivity index (χ1v) is 6.28. The normalized spacial score (nSPS) is 30.9. The first kappa shape index (κ1) is 13.9.